The minimum absolute atomic E-state index is 0.337. The number of nitrogens with one attached hydrogen (secondary N) is 1. The smallest absolute Gasteiger partial charge is 0.264 e. The summed E-state index contributed by atoms with van der Waals surface area (Å²) in [6.07, 6.45) is 2.81. The number of amides is 1. The summed E-state index contributed by atoms with van der Waals surface area (Å²) in [7, 11) is -3.63. The van der Waals surface area contributed by atoms with Gasteiger partial charge in [0.2, 0.25) is 5.91 Å². The van der Waals surface area contributed by atoms with Crippen molar-refractivity contribution in [2.45, 2.75) is 25.4 Å². The fourth-order valence-corrected chi connectivity index (χ4v) is 2.87. The molecule has 0 heterocycles. The first-order valence-corrected chi connectivity index (χ1v) is 10.8. The lowest BCUT2D eigenvalue weighted by Crippen LogP contribution is -2.44. The van der Waals surface area contributed by atoms with Crippen molar-refractivity contribution < 1.29 is 22.1 Å². The van der Waals surface area contributed by atoms with Crippen molar-refractivity contribution in [1.29, 1.82) is 0 Å². The van der Waals surface area contributed by atoms with Crippen LogP contribution in [-0.2, 0) is 32.1 Å². The summed E-state index contributed by atoms with van der Waals surface area (Å²) in [4.78, 5) is 11.4. The lowest BCUT2D eigenvalue weighted by molar-refractivity contribution is -0.120. The number of nitrogens with two attached hydrogens (primary N) is 1. The van der Waals surface area contributed by atoms with Crippen LogP contribution < -0.4 is 15.8 Å². The van der Waals surface area contributed by atoms with E-state index in [1.165, 1.54) is 5.56 Å². The zero-order valence-corrected chi connectivity index (χ0v) is 16.7. The lowest BCUT2D eigenvalue weighted by atomic mass is 10.1. The number of ether oxygens (including phenoxy) is 1. The van der Waals surface area contributed by atoms with Gasteiger partial charge in [0.1, 0.15) is 11.8 Å². The number of carbonyl (C=O) groups is 1. The van der Waals surface area contributed by atoms with Crippen LogP contribution in [0.25, 0.3) is 0 Å². The molecule has 0 aliphatic carbocycles. The topological polar surface area (TPSA) is 108 Å². The predicted octanol–water partition coefficient (Wildman–Crippen LogP) is 1.62. The average molecular weight is 407 g/mol. The van der Waals surface area contributed by atoms with Crippen molar-refractivity contribution in [2.24, 2.45) is 5.73 Å². The molecule has 0 saturated heterocycles. The van der Waals surface area contributed by atoms with E-state index in [0.717, 1.165) is 30.4 Å². The van der Waals surface area contributed by atoms with Gasteiger partial charge in [-0.3, -0.25) is 14.3 Å². The van der Waals surface area contributed by atoms with Gasteiger partial charge in [-0.05, 0) is 36.1 Å². The monoisotopic (exact) mass is 406 g/mol. The van der Waals surface area contributed by atoms with E-state index in [0.29, 0.717) is 13.2 Å². The van der Waals surface area contributed by atoms with E-state index in [2.05, 4.69) is 21.6 Å². The number of primary amides is 1. The highest BCUT2D eigenvalue weighted by molar-refractivity contribution is 7.85. The maximum atomic E-state index is 11.4. The Morgan fingerprint density at radius 2 is 1.75 bits per heavy atom. The van der Waals surface area contributed by atoms with Crippen LogP contribution >= 0.6 is 0 Å². The summed E-state index contributed by atoms with van der Waals surface area (Å²) in [5.41, 5.74) is 7.46. The molecule has 7 nitrogen and oxygen atoms in total. The van der Waals surface area contributed by atoms with Gasteiger partial charge >= 0.3 is 0 Å². The molecule has 1 atom stereocenters. The second-order valence-corrected chi connectivity index (χ2v) is 8.05. The lowest BCUT2D eigenvalue weighted by Gasteiger charge is -2.15. The maximum absolute atomic E-state index is 11.4. The third kappa shape index (κ3) is 8.51. The van der Waals surface area contributed by atoms with Crippen LogP contribution in [0.4, 0.5) is 0 Å². The van der Waals surface area contributed by atoms with E-state index < -0.39 is 22.1 Å². The molecule has 2 aromatic carbocycles. The summed E-state index contributed by atoms with van der Waals surface area (Å²) in [6.45, 7) is 0.630. The molecule has 0 radical (unpaired) electrons. The third-order valence-corrected chi connectivity index (χ3v) is 4.55. The number of benzene rings is 2. The van der Waals surface area contributed by atoms with Crippen LogP contribution in [0.3, 0.4) is 0 Å². The number of hydrogen-bond donors (Lipinski definition) is 2. The van der Waals surface area contributed by atoms with Crippen molar-refractivity contribution in [3.05, 3.63) is 65.7 Å². The number of hydrogen-bond acceptors (Lipinski definition) is 6. The summed E-state index contributed by atoms with van der Waals surface area (Å²) < 4.78 is 32.5. The van der Waals surface area contributed by atoms with E-state index in [-0.39, 0.29) is 6.61 Å². The Balaban J connectivity index is 1.74. The van der Waals surface area contributed by atoms with Crippen molar-refractivity contribution in [2.75, 3.05) is 19.5 Å². The highest BCUT2D eigenvalue weighted by Gasteiger charge is 2.17. The minimum atomic E-state index is -3.63. The van der Waals surface area contributed by atoms with E-state index in [1.54, 1.807) is 0 Å². The standard InChI is InChI=1S/C20H26N2O5S/c1-28(24,25)27-15-19(20(21)23)22-14-17-9-11-18(12-10-17)26-13-5-8-16-6-3-2-4-7-16/h2-4,6-7,9-12,19,22H,5,8,13-15H2,1H3,(H2,21,23). The Morgan fingerprint density at radius 1 is 1.07 bits per heavy atom. The molecule has 0 saturated carbocycles. The molecule has 0 spiro atoms. The second kappa shape index (κ2) is 10.8. The van der Waals surface area contributed by atoms with Gasteiger partial charge in [-0.2, -0.15) is 8.42 Å². The zero-order valence-electron chi connectivity index (χ0n) is 15.8. The first-order valence-electron chi connectivity index (χ1n) is 8.96. The molecule has 28 heavy (non-hydrogen) atoms. The third-order valence-electron chi connectivity index (χ3n) is 3.99. The van der Waals surface area contributed by atoms with Crippen molar-refractivity contribution in [3.63, 3.8) is 0 Å². The van der Waals surface area contributed by atoms with Gasteiger partial charge in [0.15, 0.2) is 0 Å². The Bertz CT molecular complexity index is 839. The van der Waals surface area contributed by atoms with Gasteiger partial charge in [0.25, 0.3) is 10.1 Å². The maximum Gasteiger partial charge on any atom is 0.264 e. The van der Waals surface area contributed by atoms with Crippen molar-refractivity contribution in [1.82, 2.24) is 5.32 Å². The number of carbonyl (C=O) groups excluding carboxylic acids is 1. The van der Waals surface area contributed by atoms with Crippen molar-refractivity contribution in [3.8, 4) is 5.75 Å². The summed E-state index contributed by atoms with van der Waals surface area (Å²) >= 11 is 0. The highest BCUT2D eigenvalue weighted by Crippen LogP contribution is 2.13. The quantitative estimate of drug-likeness (QED) is 0.410. The fourth-order valence-electron chi connectivity index (χ4n) is 2.49. The van der Waals surface area contributed by atoms with E-state index in [9.17, 15) is 13.2 Å². The van der Waals surface area contributed by atoms with Gasteiger partial charge in [-0.25, -0.2) is 0 Å². The van der Waals surface area contributed by atoms with Crippen LogP contribution in [0.5, 0.6) is 5.75 Å². The molecular formula is C20H26N2O5S. The Hall–Kier alpha value is -2.42. The van der Waals surface area contributed by atoms with Gasteiger partial charge in [-0.15, -0.1) is 0 Å². The summed E-state index contributed by atoms with van der Waals surface area (Å²) in [5, 5.41) is 2.89. The van der Waals surface area contributed by atoms with Crippen molar-refractivity contribution >= 4 is 16.0 Å². The van der Waals surface area contributed by atoms with E-state index >= 15 is 0 Å². The minimum Gasteiger partial charge on any atom is -0.494 e. The number of rotatable bonds is 12. The molecule has 1 amide bonds. The fraction of sp³-hybridized carbons (Fsp3) is 0.350. The molecule has 0 bridgehead atoms. The molecule has 152 valence electrons. The zero-order chi connectivity index (χ0) is 20.4. The number of aryl methyl sites for hydroxylation is 1. The molecule has 2 rings (SSSR count). The first-order chi connectivity index (χ1) is 13.3. The molecule has 1 unspecified atom stereocenters. The second-order valence-electron chi connectivity index (χ2n) is 6.41. The van der Waals surface area contributed by atoms with E-state index in [4.69, 9.17) is 10.5 Å². The van der Waals surface area contributed by atoms with Crippen LogP contribution in [0.2, 0.25) is 0 Å². The molecular weight excluding hydrogens is 380 g/mol. The van der Waals surface area contributed by atoms with Gasteiger partial charge in [0, 0.05) is 6.54 Å². The molecule has 0 aromatic heterocycles. The predicted molar refractivity (Wildman–Crippen MR) is 107 cm³/mol. The normalized spacial score (nSPS) is 12.5. The van der Waals surface area contributed by atoms with E-state index in [1.807, 2.05) is 42.5 Å². The van der Waals surface area contributed by atoms with Crippen LogP contribution in [0.15, 0.2) is 54.6 Å². The summed E-state index contributed by atoms with van der Waals surface area (Å²) in [6, 6.07) is 16.8. The van der Waals surface area contributed by atoms with Gasteiger partial charge in [0.05, 0.1) is 19.5 Å². The van der Waals surface area contributed by atoms with Crippen LogP contribution in [0, 0.1) is 0 Å². The molecule has 0 fully saturated rings. The Labute approximate surface area is 166 Å². The Kier molecular flexibility index (Phi) is 8.43. The summed E-state index contributed by atoms with van der Waals surface area (Å²) in [5.74, 6) is 0.0886. The first kappa shape index (κ1) is 21.9. The SMILES string of the molecule is CS(=O)(=O)OCC(NCc1ccc(OCCCc2ccccc2)cc1)C(N)=O. The van der Waals surface area contributed by atoms with Crippen LogP contribution in [-0.4, -0.2) is 39.8 Å². The molecule has 8 heteroatoms. The average Bonchev–Trinajstić information content (AvgIpc) is 2.66. The van der Waals surface area contributed by atoms with Gasteiger partial charge in [-0.1, -0.05) is 42.5 Å². The highest BCUT2D eigenvalue weighted by atomic mass is 32.2. The molecule has 0 aliphatic heterocycles. The molecule has 3 N–H and O–H groups in total. The van der Waals surface area contributed by atoms with Gasteiger partial charge < -0.3 is 10.5 Å². The van der Waals surface area contributed by atoms with Crippen LogP contribution in [0.1, 0.15) is 17.5 Å². The molecule has 0 aliphatic rings. The molecule has 2 aromatic rings. The largest absolute Gasteiger partial charge is 0.494 e. The Morgan fingerprint density at radius 3 is 2.36 bits per heavy atom.